The van der Waals surface area contributed by atoms with E-state index < -0.39 is 40.5 Å². The molecule has 0 aromatic heterocycles. The molecule has 18 heteroatoms. The van der Waals surface area contributed by atoms with Gasteiger partial charge in [-0.25, -0.2) is 0 Å². The van der Waals surface area contributed by atoms with Crippen LogP contribution in [0, 0.1) is 0 Å². The van der Waals surface area contributed by atoms with E-state index in [9.17, 15) is 10.7 Å². The minimum atomic E-state index is -5.88. The first kappa shape index (κ1) is 36.1. The molecule has 0 aliphatic carbocycles. The van der Waals surface area contributed by atoms with Gasteiger partial charge < -0.3 is 18.5 Å². The van der Waals surface area contributed by atoms with E-state index in [4.69, 9.17) is 35.6 Å². The van der Waals surface area contributed by atoms with Crippen LogP contribution in [0.25, 0.3) is 0 Å². The predicted octanol–water partition coefficient (Wildman–Crippen LogP) is -1.90. The average Bonchev–Trinajstić information content (AvgIpc) is 1.41. The fourth-order valence-electron chi connectivity index (χ4n) is 0. The molecular formula is H12F3Mn3N3O9. The first-order valence-electron chi connectivity index (χ1n) is 1.82. The van der Waals surface area contributed by atoms with Gasteiger partial charge in [-0.2, -0.15) is 0 Å². The molecule has 12 nitrogen and oxygen atoms in total. The Kier molecular flexibility index (Phi) is 26.8. The van der Waals surface area contributed by atoms with E-state index in [2.05, 4.69) is 0 Å². The zero-order valence-electron chi connectivity index (χ0n) is 8.94. The van der Waals surface area contributed by atoms with Crippen molar-refractivity contribution in [2.24, 2.45) is 0 Å². The second-order valence-electron chi connectivity index (χ2n) is 1.09. The third-order valence-electron chi connectivity index (χ3n) is 0. The SMILES string of the molecule is [NH4+].[NH4+].[NH4+].[O]=[Mn](=[O])([O-])[F].[O]=[Mn](=[O])([O-])[F].[O]=[Mn](=[O])([O-])[F]. The third kappa shape index (κ3) is 422000. The monoisotopic (exact) mass is 420 g/mol. The van der Waals surface area contributed by atoms with Crippen LogP contribution in [-0.2, 0) is 63.5 Å². The van der Waals surface area contributed by atoms with Crippen LogP contribution in [0.3, 0.4) is 0 Å². The zero-order chi connectivity index (χ0) is 13.5. The molecule has 0 fully saturated rings. The summed E-state index contributed by atoms with van der Waals surface area (Å²) in [6, 6.07) is 0. The van der Waals surface area contributed by atoms with Crippen LogP contribution in [0.5, 0.6) is 0 Å². The van der Waals surface area contributed by atoms with Gasteiger partial charge in [0.15, 0.2) is 0 Å². The molecule has 0 saturated carbocycles. The average molecular weight is 420 g/mol. The van der Waals surface area contributed by atoms with Crippen molar-refractivity contribution in [3.63, 3.8) is 0 Å². The molecule has 0 aromatic rings. The van der Waals surface area contributed by atoms with E-state index in [0.717, 1.165) is 0 Å². The second-order valence-corrected chi connectivity index (χ2v) is 4.50. The number of rotatable bonds is 0. The van der Waals surface area contributed by atoms with Crippen molar-refractivity contribution in [1.29, 1.82) is 0 Å². The van der Waals surface area contributed by atoms with Crippen molar-refractivity contribution in [2.75, 3.05) is 0 Å². The molecule has 0 aromatic carbocycles. The van der Waals surface area contributed by atoms with Crippen LogP contribution in [0.4, 0.5) is 10.7 Å². The number of hydrogen-bond donors (Lipinski definition) is 3. The summed E-state index contributed by atoms with van der Waals surface area (Å²) in [4.78, 5) is 0. The maximum absolute atomic E-state index is 10.2. The van der Waals surface area contributed by atoms with Crippen LogP contribution >= 0.6 is 0 Å². The minimum absolute atomic E-state index is 0. The van der Waals surface area contributed by atoms with Crippen LogP contribution in [0.15, 0.2) is 0 Å². The molecule has 0 heterocycles. The molecule has 0 atom stereocenters. The van der Waals surface area contributed by atoms with Gasteiger partial charge in [0.25, 0.3) is 0 Å². The summed E-state index contributed by atoms with van der Waals surface area (Å²) >= 11 is -17.6. The van der Waals surface area contributed by atoms with Crippen molar-refractivity contribution in [1.82, 2.24) is 18.5 Å². The molecule has 0 aliphatic rings. The van der Waals surface area contributed by atoms with Gasteiger partial charge in [-0.15, -0.1) is 0 Å². The van der Waals surface area contributed by atoms with Crippen molar-refractivity contribution < 1.29 is 86.7 Å². The Bertz CT molecular complexity index is 353. The van der Waals surface area contributed by atoms with Crippen LogP contribution in [0.1, 0.15) is 0 Å². The Balaban J connectivity index is -0.0000000277. The molecule has 0 saturated heterocycles. The second kappa shape index (κ2) is 13.3. The Morgan fingerprint density at radius 2 is 0.500 bits per heavy atom. The molecular weight excluding hydrogens is 408 g/mol. The van der Waals surface area contributed by atoms with Crippen LogP contribution in [0.2, 0.25) is 0 Å². The molecule has 0 radical (unpaired) electrons. The third-order valence-corrected chi connectivity index (χ3v) is 0. The number of hydrogen-bond acceptors (Lipinski definition) is 9. The van der Waals surface area contributed by atoms with E-state index >= 15 is 0 Å². The molecule has 0 spiro atoms. The van der Waals surface area contributed by atoms with E-state index in [0.29, 0.717) is 0 Å². The standard InChI is InChI=1S/3FH.3Mn.3H3N.9O/h3*1H;;;;3*1H3;;;;;;;;;/q;;;3*+1;;;;;;;;;;3*-1. The summed E-state index contributed by atoms with van der Waals surface area (Å²) in [6.07, 6.45) is 0. The Hall–Kier alpha value is -0.0916. The Morgan fingerprint density at radius 3 is 0.500 bits per heavy atom. The normalized spacial score (nSPS) is 9.67. The topological polar surface area (TPSA) is 281 Å². The fraction of sp³-hybridized carbons (Fsp3) is 0. The molecule has 12 N–H and O–H groups in total. The van der Waals surface area contributed by atoms with Gasteiger partial charge in [0.1, 0.15) is 0 Å². The summed E-state index contributed by atoms with van der Waals surface area (Å²) < 4.78 is 107. The summed E-state index contributed by atoms with van der Waals surface area (Å²) in [5.74, 6) is 0. The molecule has 123 valence electrons. The van der Waals surface area contributed by atoms with Gasteiger partial charge in [0.2, 0.25) is 0 Å². The summed E-state index contributed by atoms with van der Waals surface area (Å²) in [5, 5.41) is 0. The van der Waals surface area contributed by atoms with Gasteiger partial charge in [-0.1, -0.05) is 0 Å². The first-order chi connectivity index (χ1) is 6.00. The quantitative estimate of drug-likeness (QED) is 0.368. The van der Waals surface area contributed by atoms with Gasteiger partial charge in [0.05, 0.1) is 0 Å². The first-order valence-corrected chi connectivity index (χ1v) is 7.49. The Morgan fingerprint density at radius 1 is 0.500 bits per heavy atom. The summed E-state index contributed by atoms with van der Waals surface area (Å²) in [6.45, 7) is 0. The molecule has 0 bridgehead atoms. The maximum atomic E-state index is 10.2. The Labute approximate surface area is 105 Å². The van der Waals surface area contributed by atoms with Crippen molar-refractivity contribution >= 4 is 0 Å². The van der Waals surface area contributed by atoms with E-state index in [1.807, 2.05) is 0 Å². The van der Waals surface area contributed by atoms with Crippen molar-refractivity contribution in [3.8, 4) is 0 Å². The summed E-state index contributed by atoms with van der Waals surface area (Å²) in [7, 11) is 0. The van der Waals surface area contributed by atoms with E-state index in [1.54, 1.807) is 0 Å². The van der Waals surface area contributed by atoms with Crippen LogP contribution < -0.4 is 31.0 Å². The van der Waals surface area contributed by atoms with Gasteiger partial charge >= 0.3 is 86.7 Å². The molecule has 0 rings (SSSR count). The van der Waals surface area contributed by atoms with E-state index in [1.165, 1.54) is 0 Å². The summed E-state index contributed by atoms with van der Waals surface area (Å²) in [5.41, 5.74) is 0. The zero-order valence-corrected chi connectivity index (χ0v) is 12.5. The fourth-order valence-corrected chi connectivity index (χ4v) is 0. The van der Waals surface area contributed by atoms with Crippen LogP contribution in [-0.4, -0.2) is 0 Å². The molecule has 18 heavy (non-hydrogen) atoms. The van der Waals surface area contributed by atoms with Gasteiger partial charge in [-0.05, 0) is 0 Å². The molecule has 0 unspecified atom stereocenters. The number of halogens is 3. The van der Waals surface area contributed by atoms with Crippen molar-refractivity contribution in [3.05, 3.63) is 0 Å². The van der Waals surface area contributed by atoms with E-state index in [-0.39, 0.29) is 18.5 Å². The van der Waals surface area contributed by atoms with Crippen molar-refractivity contribution in [2.45, 2.75) is 0 Å². The molecule has 0 aliphatic heterocycles. The molecule has 0 amide bonds. The number of quaternary nitrogens is 3. The van der Waals surface area contributed by atoms with Gasteiger partial charge in [-0.3, -0.25) is 0 Å². The predicted molar refractivity (Wildman–Crippen MR) is 25.4 cm³/mol. The van der Waals surface area contributed by atoms with Gasteiger partial charge in [0, 0.05) is 0 Å².